The number of hydrogen-bond donors (Lipinski definition) is 1. The molecule has 0 aromatic heterocycles. The Morgan fingerprint density at radius 1 is 1.43 bits per heavy atom. The Kier molecular flexibility index (Phi) is 2.06. The van der Waals surface area contributed by atoms with Crippen molar-refractivity contribution in [3.05, 3.63) is 0 Å². The Morgan fingerprint density at radius 2 is 2.14 bits per heavy atom. The fourth-order valence-corrected chi connectivity index (χ4v) is 5.06. The van der Waals surface area contributed by atoms with Crippen LogP contribution in [0, 0.1) is 23.7 Å². The van der Waals surface area contributed by atoms with Crippen molar-refractivity contribution >= 4 is 28.6 Å². The molecule has 5 fully saturated rings. The first-order chi connectivity index (χ1) is 6.74. The lowest BCUT2D eigenvalue weighted by molar-refractivity contribution is -0.205. The molecule has 78 valence electrons. The van der Waals surface area contributed by atoms with E-state index in [1.54, 1.807) is 0 Å². The molecule has 0 amide bonds. The Balaban J connectivity index is 2.01. The first-order valence-electron chi connectivity index (χ1n) is 5.19. The summed E-state index contributed by atoms with van der Waals surface area (Å²) in [6, 6.07) is 0. The minimum atomic E-state index is -0.0529. The van der Waals surface area contributed by atoms with E-state index in [4.69, 9.17) is 4.74 Å². The van der Waals surface area contributed by atoms with E-state index in [9.17, 15) is 9.90 Å². The number of fused-ring (bicyclic) bond motifs is 2. The van der Waals surface area contributed by atoms with Gasteiger partial charge in [0.2, 0.25) is 0 Å². The molecule has 0 aromatic carbocycles. The molecule has 4 heteroatoms. The lowest BCUT2D eigenvalue weighted by Crippen LogP contribution is -2.64. The van der Waals surface area contributed by atoms with Gasteiger partial charge < -0.3 is 9.84 Å². The quantitative estimate of drug-likeness (QED) is 0.446. The number of ether oxygens (including phenoxy) is 1. The zero-order chi connectivity index (χ0) is 9.87. The predicted molar refractivity (Wildman–Crippen MR) is 58.0 cm³/mol. The highest BCUT2D eigenvalue weighted by molar-refractivity contribution is 14.1. The number of aliphatic hydroxyl groups is 1. The van der Waals surface area contributed by atoms with Crippen molar-refractivity contribution in [1.29, 1.82) is 0 Å². The van der Waals surface area contributed by atoms with E-state index >= 15 is 0 Å². The van der Waals surface area contributed by atoms with Crippen LogP contribution >= 0.6 is 22.6 Å². The molecule has 4 bridgehead atoms. The average Bonchev–Trinajstić information content (AvgIpc) is 2.20. The monoisotopic (exact) mass is 308 g/mol. The van der Waals surface area contributed by atoms with E-state index in [0.717, 1.165) is 12.8 Å². The Hall–Kier alpha value is 0.160. The smallest absolute Gasteiger partial charge is 0.309 e. The van der Waals surface area contributed by atoms with Crippen molar-refractivity contribution < 1.29 is 14.6 Å². The standard InChI is InChI=1S/C10H13IO3/c11-8-5-2-1-4-6(3-12)7(5)10(13)14-9(4)8/h4-9,12H,1-3H2/t4-,5+,6-,7+,8+,9-/m0/s1. The molecule has 5 rings (SSSR count). The molecule has 2 saturated heterocycles. The molecule has 0 radical (unpaired) electrons. The maximum Gasteiger partial charge on any atom is 0.309 e. The van der Waals surface area contributed by atoms with Crippen LogP contribution in [0.25, 0.3) is 0 Å². The molecule has 3 aliphatic carbocycles. The van der Waals surface area contributed by atoms with E-state index < -0.39 is 0 Å². The second-order valence-electron chi connectivity index (χ2n) is 4.62. The molecule has 14 heavy (non-hydrogen) atoms. The largest absolute Gasteiger partial charge is 0.461 e. The fourth-order valence-electron chi connectivity index (χ4n) is 3.57. The molecule has 5 aliphatic rings. The normalized spacial score (nSPS) is 54.9. The summed E-state index contributed by atoms with van der Waals surface area (Å²) in [7, 11) is 0. The molecule has 0 spiro atoms. The Morgan fingerprint density at radius 3 is 2.79 bits per heavy atom. The third kappa shape index (κ3) is 0.988. The van der Waals surface area contributed by atoms with Gasteiger partial charge in [-0.25, -0.2) is 0 Å². The van der Waals surface area contributed by atoms with Gasteiger partial charge in [-0.1, -0.05) is 22.6 Å². The van der Waals surface area contributed by atoms with Crippen LogP contribution in [-0.4, -0.2) is 27.7 Å². The minimum Gasteiger partial charge on any atom is -0.461 e. The summed E-state index contributed by atoms with van der Waals surface area (Å²) in [6.07, 6.45) is 2.36. The van der Waals surface area contributed by atoms with E-state index in [1.165, 1.54) is 0 Å². The number of aliphatic hydroxyl groups excluding tert-OH is 1. The first-order valence-corrected chi connectivity index (χ1v) is 6.44. The van der Waals surface area contributed by atoms with Gasteiger partial charge in [0.25, 0.3) is 0 Å². The van der Waals surface area contributed by atoms with Crippen LogP contribution in [0.5, 0.6) is 0 Å². The molecular formula is C10H13IO3. The number of carbonyl (C=O) groups excluding carboxylic acids is 1. The molecule has 6 atom stereocenters. The van der Waals surface area contributed by atoms with Crippen molar-refractivity contribution in [2.75, 3.05) is 6.61 Å². The highest BCUT2D eigenvalue weighted by Gasteiger charge is 2.61. The molecule has 3 saturated carbocycles. The molecule has 2 aliphatic heterocycles. The summed E-state index contributed by atoms with van der Waals surface area (Å²) in [5.41, 5.74) is 0. The van der Waals surface area contributed by atoms with Crippen molar-refractivity contribution in [3.63, 3.8) is 0 Å². The van der Waals surface area contributed by atoms with E-state index in [0.29, 0.717) is 15.8 Å². The van der Waals surface area contributed by atoms with Gasteiger partial charge in [0.05, 0.1) is 9.84 Å². The van der Waals surface area contributed by atoms with Crippen molar-refractivity contribution in [3.8, 4) is 0 Å². The summed E-state index contributed by atoms with van der Waals surface area (Å²) in [4.78, 5) is 11.6. The maximum atomic E-state index is 11.6. The molecule has 3 nitrogen and oxygen atoms in total. The first kappa shape index (κ1) is 9.39. The maximum absolute atomic E-state index is 11.6. The van der Waals surface area contributed by atoms with Crippen molar-refractivity contribution in [1.82, 2.24) is 0 Å². The zero-order valence-electron chi connectivity index (χ0n) is 7.73. The highest BCUT2D eigenvalue weighted by atomic mass is 127. The number of esters is 1. The lowest BCUT2D eigenvalue weighted by Gasteiger charge is -2.57. The molecule has 0 aromatic rings. The Labute approximate surface area is 96.3 Å². The molecule has 0 unspecified atom stereocenters. The van der Waals surface area contributed by atoms with Crippen LogP contribution in [-0.2, 0) is 9.53 Å². The van der Waals surface area contributed by atoms with Crippen LogP contribution in [0.15, 0.2) is 0 Å². The number of hydrogen-bond acceptors (Lipinski definition) is 3. The summed E-state index contributed by atoms with van der Waals surface area (Å²) in [5, 5.41) is 9.33. The van der Waals surface area contributed by atoms with Crippen LogP contribution in [0.2, 0.25) is 0 Å². The van der Waals surface area contributed by atoms with Gasteiger partial charge in [-0.2, -0.15) is 0 Å². The topological polar surface area (TPSA) is 46.5 Å². The third-order valence-electron chi connectivity index (χ3n) is 4.19. The van der Waals surface area contributed by atoms with E-state index in [1.807, 2.05) is 0 Å². The highest BCUT2D eigenvalue weighted by Crippen LogP contribution is 2.56. The summed E-state index contributed by atoms with van der Waals surface area (Å²) >= 11 is 2.42. The second kappa shape index (κ2) is 3.07. The SMILES string of the molecule is O=C1O[C@@H]2[C@H](I)[C@@H]3CC[C@H]2[C@H](CO)[C@H]13. The summed E-state index contributed by atoms with van der Waals surface area (Å²) < 4.78 is 5.89. The van der Waals surface area contributed by atoms with Crippen LogP contribution in [0.3, 0.4) is 0 Å². The zero-order valence-corrected chi connectivity index (χ0v) is 9.88. The molecule has 1 N–H and O–H groups in total. The predicted octanol–water partition coefficient (Wildman–Crippen LogP) is 0.980. The van der Waals surface area contributed by atoms with Gasteiger partial charge in [-0.15, -0.1) is 0 Å². The van der Waals surface area contributed by atoms with Gasteiger partial charge in [0.1, 0.15) is 6.10 Å². The second-order valence-corrected chi connectivity index (χ2v) is 6.06. The summed E-state index contributed by atoms with van der Waals surface area (Å²) in [5.74, 6) is 1.01. The number of alkyl halides is 1. The number of halogens is 1. The number of carbonyl (C=O) groups is 1. The third-order valence-corrected chi connectivity index (χ3v) is 5.82. The van der Waals surface area contributed by atoms with Crippen LogP contribution in [0.1, 0.15) is 12.8 Å². The van der Waals surface area contributed by atoms with E-state index in [2.05, 4.69) is 22.6 Å². The van der Waals surface area contributed by atoms with Crippen molar-refractivity contribution in [2.45, 2.75) is 22.9 Å². The van der Waals surface area contributed by atoms with Crippen LogP contribution in [0.4, 0.5) is 0 Å². The van der Waals surface area contributed by atoms with Gasteiger partial charge in [0, 0.05) is 18.4 Å². The van der Waals surface area contributed by atoms with Gasteiger partial charge in [0.15, 0.2) is 0 Å². The molecular weight excluding hydrogens is 295 g/mol. The number of rotatable bonds is 1. The van der Waals surface area contributed by atoms with E-state index in [-0.39, 0.29) is 30.5 Å². The minimum absolute atomic E-state index is 0.00866. The fraction of sp³-hybridized carbons (Fsp3) is 0.900. The average molecular weight is 308 g/mol. The lowest BCUT2D eigenvalue weighted by atomic mass is 9.56. The molecule has 2 heterocycles. The van der Waals surface area contributed by atoms with Crippen molar-refractivity contribution in [2.24, 2.45) is 23.7 Å². The van der Waals surface area contributed by atoms with Gasteiger partial charge >= 0.3 is 5.97 Å². The summed E-state index contributed by atoms with van der Waals surface area (Å²) in [6.45, 7) is 0.154. The Bertz CT molecular complexity index is 275. The van der Waals surface area contributed by atoms with Crippen LogP contribution < -0.4 is 0 Å². The van der Waals surface area contributed by atoms with Gasteiger partial charge in [-0.3, -0.25) is 4.79 Å². The van der Waals surface area contributed by atoms with Gasteiger partial charge in [-0.05, 0) is 18.8 Å².